The van der Waals surface area contributed by atoms with E-state index in [9.17, 15) is 10.1 Å². The molecule has 0 spiro atoms. The smallest absolute Gasteiger partial charge is 0.158 e. The van der Waals surface area contributed by atoms with Gasteiger partial charge in [0.05, 0.1) is 22.6 Å². The number of nitrogens with zero attached hydrogens (tertiary/aromatic N) is 1. The van der Waals surface area contributed by atoms with Crippen LogP contribution in [-0.2, 0) is 10.5 Å². The van der Waals surface area contributed by atoms with Gasteiger partial charge in [0.25, 0.3) is 0 Å². The molecule has 1 aliphatic rings. The van der Waals surface area contributed by atoms with E-state index < -0.39 is 5.92 Å². The molecule has 3 rings (SSSR count). The second-order valence-electron chi connectivity index (χ2n) is 6.44. The molecule has 1 aliphatic heterocycles. The molecule has 3 nitrogen and oxygen atoms in total. The molecule has 0 amide bonds. The molecular weight excluding hydrogens is 411 g/mol. The summed E-state index contributed by atoms with van der Waals surface area (Å²) in [5, 5.41) is 15.2. The van der Waals surface area contributed by atoms with Crippen LogP contribution in [0.25, 0.3) is 0 Å². The molecule has 2 aromatic rings. The number of Topliss-reactive ketones (excluding diaryl/α,β-unsaturated/α-hetero) is 1. The molecule has 28 heavy (non-hydrogen) atoms. The first-order chi connectivity index (χ1) is 13.4. The molecule has 6 heteroatoms. The monoisotopic (exact) mass is 428 g/mol. The van der Waals surface area contributed by atoms with Crippen molar-refractivity contribution in [1.82, 2.24) is 5.32 Å². The number of hydrogen-bond donors (Lipinski definition) is 1. The largest absolute Gasteiger partial charge is 0.353 e. The number of nitrogens with one attached hydrogen (secondary N) is 1. The normalized spacial score (nSPS) is 16.6. The summed E-state index contributed by atoms with van der Waals surface area (Å²) < 4.78 is 0. The Kier molecular flexibility index (Phi) is 6.51. The molecule has 0 saturated carbocycles. The fourth-order valence-corrected chi connectivity index (χ4v) is 4.67. The summed E-state index contributed by atoms with van der Waals surface area (Å²) >= 11 is 13.9. The zero-order valence-electron chi connectivity index (χ0n) is 15.4. The second-order valence-corrected chi connectivity index (χ2v) is 8.27. The number of ketones is 1. The van der Waals surface area contributed by atoms with Gasteiger partial charge in [-0.15, -0.1) is 11.8 Å². The van der Waals surface area contributed by atoms with Crippen molar-refractivity contribution in [3.05, 3.63) is 91.6 Å². The van der Waals surface area contributed by atoms with Gasteiger partial charge in [-0.3, -0.25) is 4.79 Å². The predicted octanol–water partition coefficient (Wildman–Crippen LogP) is 6.21. The third kappa shape index (κ3) is 4.28. The molecular formula is C22H18Cl2N2OS. The topological polar surface area (TPSA) is 52.9 Å². The molecule has 0 bridgehead atoms. The molecule has 142 valence electrons. The number of rotatable bonds is 5. The van der Waals surface area contributed by atoms with Crippen molar-refractivity contribution in [3.8, 4) is 6.07 Å². The Balaban J connectivity index is 2.02. The lowest BCUT2D eigenvalue weighted by Gasteiger charge is -2.29. The summed E-state index contributed by atoms with van der Waals surface area (Å²) in [5.41, 5.74) is 3.67. The van der Waals surface area contributed by atoms with Crippen molar-refractivity contribution in [2.75, 3.05) is 0 Å². The van der Waals surface area contributed by atoms with Gasteiger partial charge in [0.1, 0.15) is 0 Å². The Bertz CT molecular complexity index is 1020. The third-order valence-electron chi connectivity index (χ3n) is 4.54. The van der Waals surface area contributed by atoms with Crippen LogP contribution < -0.4 is 5.32 Å². The summed E-state index contributed by atoms with van der Waals surface area (Å²) in [5.74, 6) is 0.109. The van der Waals surface area contributed by atoms with E-state index >= 15 is 0 Å². The maximum atomic E-state index is 12.4. The van der Waals surface area contributed by atoms with E-state index in [1.165, 1.54) is 18.7 Å². The van der Waals surface area contributed by atoms with Crippen LogP contribution in [0.5, 0.6) is 0 Å². The highest BCUT2D eigenvalue weighted by molar-refractivity contribution is 8.02. The minimum atomic E-state index is -0.481. The van der Waals surface area contributed by atoms with Gasteiger partial charge < -0.3 is 5.32 Å². The minimum absolute atomic E-state index is 0.0792. The lowest BCUT2D eigenvalue weighted by molar-refractivity contribution is -0.113. The standard InChI is InChI=1S/C22H18Cl2N2OS/c1-13-20(14(2)27)21(17-5-3-4-6-19(17)24)18(11-25)22(26-13)28-12-15-7-9-16(23)10-8-15/h3-10,21,26H,12H2,1-2H3/t21-/m1/s1. The molecule has 0 aromatic heterocycles. The van der Waals surface area contributed by atoms with Gasteiger partial charge in [0.2, 0.25) is 0 Å². The molecule has 1 heterocycles. The van der Waals surface area contributed by atoms with Gasteiger partial charge in [-0.1, -0.05) is 53.5 Å². The SMILES string of the molecule is CC(=O)C1=C(C)NC(SCc2ccc(Cl)cc2)=C(C#N)[C@H]1c1ccccc1Cl. The Morgan fingerprint density at radius 1 is 1.18 bits per heavy atom. The zero-order chi connectivity index (χ0) is 20.3. The van der Waals surface area contributed by atoms with E-state index in [2.05, 4.69) is 11.4 Å². The Labute approximate surface area is 179 Å². The van der Waals surface area contributed by atoms with Crippen LogP contribution in [0.2, 0.25) is 10.0 Å². The molecule has 0 fully saturated rings. The van der Waals surface area contributed by atoms with Crippen molar-refractivity contribution in [1.29, 1.82) is 5.26 Å². The third-order valence-corrected chi connectivity index (χ3v) is 6.22. The van der Waals surface area contributed by atoms with Crippen LogP contribution in [0.4, 0.5) is 0 Å². The number of halogens is 2. The number of nitriles is 1. The fraction of sp³-hybridized carbons (Fsp3) is 0.182. The molecule has 0 saturated heterocycles. The molecule has 2 aromatic carbocycles. The number of dihydropyridines is 1. The number of carbonyl (C=O) groups is 1. The van der Waals surface area contributed by atoms with Crippen LogP contribution in [0, 0.1) is 11.3 Å². The lowest BCUT2D eigenvalue weighted by atomic mass is 9.81. The summed E-state index contributed by atoms with van der Waals surface area (Å²) in [6.07, 6.45) is 0. The van der Waals surface area contributed by atoms with Gasteiger partial charge in [-0.2, -0.15) is 5.26 Å². The summed E-state index contributed by atoms with van der Waals surface area (Å²) in [4.78, 5) is 12.4. The first-order valence-electron chi connectivity index (χ1n) is 8.67. The highest BCUT2D eigenvalue weighted by atomic mass is 35.5. The highest BCUT2D eigenvalue weighted by Gasteiger charge is 2.34. The summed E-state index contributed by atoms with van der Waals surface area (Å²) in [6, 6.07) is 17.3. The molecule has 1 atom stereocenters. The number of allylic oxidation sites excluding steroid dienone is 3. The minimum Gasteiger partial charge on any atom is -0.353 e. The average molecular weight is 429 g/mol. The van der Waals surface area contributed by atoms with Gasteiger partial charge in [-0.05, 0) is 43.2 Å². The van der Waals surface area contributed by atoms with Gasteiger partial charge in [0.15, 0.2) is 5.78 Å². The maximum absolute atomic E-state index is 12.4. The van der Waals surface area contributed by atoms with Crippen molar-refractivity contribution < 1.29 is 4.79 Å². The van der Waals surface area contributed by atoms with E-state index in [4.69, 9.17) is 23.2 Å². The van der Waals surface area contributed by atoms with E-state index in [0.717, 1.165) is 21.9 Å². The molecule has 1 N–H and O–H groups in total. The van der Waals surface area contributed by atoms with E-state index in [1.807, 2.05) is 49.4 Å². The number of hydrogen-bond acceptors (Lipinski definition) is 4. The van der Waals surface area contributed by atoms with Crippen LogP contribution in [0.3, 0.4) is 0 Å². The Morgan fingerprint density at radius 2 is 1.86 bits per heavy atom. The van der Waals surface area contributed by atoms with Crippen molar-refractivity contribution in [2.45, 2.75) is 25.5 Å². The van der Waals surface area contributed by atoms with E-state index in [1.54, 1.807) is 6.07 Å². The lowest BCUT2D eigenvalue weighted by Crippen LogP contribution is -2.27. The number of carbonyl (C=O) groups excluding carboxylic acids is 1. The average Bonchev–Trinajstić information content (AvgIpc) is 2.67. The van der Waals surface area contributed by atoms with Gasteiger partial charge in [-0.25, -0.2) is 0 Å². The van der Waals surface area contributed by atoms with Crippen LogP contribution in [0.15, 0.2) is 70.4 Å². The van der Waals surface area contributed by atoms with Crippen molar-refractivity contribution in [2.24, 2.45) is 0 Å². The van der Waals surface area contributed by atoms with E-state index in [-0.39, 0.29) is 5.78 Å². The number of benzene rings is 2. The Hall–Kier alpha value is -2.19. The van der Waals surface area contributed by atoms with Crippen LogP contribution in [0.1, 0.15) is 30.9 Å². The second kappa shape index (κ2) is 8.87. The van der Waals surface area contributed by atoms with Crippen LogP contribution in [-0.4, -0.2) is 5.78 Å². The predicted molar refractivity (Wildman–Crippen MR) is 116 cm³/mol. The fourth-order valence-electron chi connectivity index (χ4n) is 3.25. The number of thioether (sulfide) groups is 1. The maximum Gasteiger partial charge on any atom is 0.158 e. The quantitative estimate of drug-likeness (QED) is 0.614. The first kappa shape index (κ1) is 20.5. The highest BCUT2D eigenvalue weighted by Crippen LogP contribution is 2.43. The van der Waals surface area contributed by atoms with Crippen molar-refractivity contribution in [3.63, 3.8) is 0 Å². The molecule has 0 radical (unpaired) electrons. The summed E-state index contributed by atoms with van der Waals surface area (Å²) in [7, 11) is 0. The van der Waals surface area contributed by atoms with Crippen LogP contribution >= 0.6 is 35.0 Å². The summed E-state index contributed by atoms with van der Waals surface area (Å²) in [6.45, 7) is 3.38. The van der Waals surface area contributed by atoms with Gasteiger partial charge in [0, 0.05) is 27.1 Å². The molecule has 0 aliphatic carbocycles. The zero-order valence-corrected chi connectivity index (χ0v) is 17.8. The molecule has 0 unspecified atom stereocenters. The first-order valence-corrected chi connectivity index (χ1v) is 10.4. The Morgan fingerprint density at radius 3 is 2.46 bits per heavy atom. The van der Waals surface area contributed by atoms with E-state index in [0.29, 0.717) is 26.9 Å². The van der Waals surface area contributed by atoms with Gasteiger partial charge >= 0.3 is 0 Å². The van der Waals surface area contributed by atoms with Crippen molar-refractivity contribution >= 4 is 40.7 Å².